The second-order valence-electron chi connectivity index (χ2n) is 10.9. The van der Waals surface area contributed by atoms with Crippen LogP contribution < -0.4 is 0 Å². The minimum absolute atomic E-state index is 0.0437. The van der Waals surface area contributed by atoms with Crippen LogP contribution in [0.2, 0.25) is 0 Å². The Morgan fingerprint density at radius 3 is 2.77 bits per heavy atom. The highest BCUT2D eigenvalue weighted by atomic mass is 35.5. The van der Waals surface area contributed by atoms with Crippen molar-refractivity contribution in [3.8, 4) is 0 Å². The zero-order valence-electron chi connectivity index (χ0n) is 18.8. The molecule has 4 rings (SSSR count). The van der Waals surface area contributed by atoms with Gasteiger partial charge in [-0.1, -0.05) is 43.9 Å². The highest BCUT2D eigenvalue weighted by molar-refractivity contribution is 6.18. The van der Waals surface area contributed by atoms with Crippen LogP contribution in [0, 0.1) is 40.4 Å². The number of hydrogen-bond donors (Lipinski definition) is 2. The molecule has 0 aromatic carbocycles. The summed E-state index contributed by atoms with van der Waals surface area (Å²) in [5.41, 5.74) is 0.876. The van der Waals surface area contributed by atoms with E-state index in [9.17, 15) is 19.8 Å². The van der Waals surface area contributed by atoms with Gasteiger partial charge in [-0.15, -0.1) is 0 Å². The fourth-order valence-corrected chi connectivity index (χ4v) is 8.41. The summed E-state index contributed by atoms with van der Waals surface area (Å²) >= 11 is 5.68. The third-order valence-corrected chi connectivity index (χ3v) is 9.64. The lowest BCUT2D eigenvalue weighted by molar-refractivity contribution is -0.166. The van der Waals surface area contributed by atoms with Gasteiger partial charge in [0.05, 0.1) is 6.10 Å². The standard InChI is InChI=1S/C25H37ClO5/c1-24-10-5-7-17(24)16-9-8-15-12-19(28)21(23(30)31-14-26)18(6-3-4-11-27)25(15,2)22(16)20(29)13-24/h12,16-18,20-22,27,29H,3-11,13-14H2,1-2H3/t16-,17-,18?,20?,21?,22-,24-,25+/m0/s1. The SMILES string of the molecule is C[C@@]12CCC[C@H]1[C@@H]1CCC3=CC(=O)C(C(=O)OCCl)C(CCCCO)[C@]3(C)[C@@H]1C(O)C2. The number of aliphatic hydroxyl groups excluding tert-OH is 2. The predicted octanol–water partition coefficient (Wildman–Crippen LogP) is 4.23. The number of allylic oxidation sites excluding steroid dienone is 1. The second-order valence-corrected chi connectivity index (χ2v) is 11.1. The van der Waals surface area contributed by atoms with Gasteiger partial charge in [0, 0.05) is 6.61 Å². The van der Waals surface area contributed by atoms with Crippen molar-refractivity contribution in [3.63, 3.8) is 0 Å². The topological polar surface area (TPSA) is 83.8 Å². The van der Waals surface area contributed by atoms with Crippen molar-refractivity contribution in [2.75, 3.05) is 12.7 Å². The van der Waals surface area contributed by atoms with Crippen LogP contribution in [0.15, 0.2) is 11.6 Å². The maximum atomic E-state index is 13.1. The van der Waals surface area contributed by atoms with E-state index in [1.807, 2.05) is 0 Å². The minimum Gasteiger partial charge on any atom is -0.449 e. The van der Waals surface area contributed by atoms with E-state index in [4.69, 9.17) is 16.3 Å². The van der Waals surface area contributed by atoms with Gasteiger partial charge in [-0.3, -0.25) is 9.59 Å². The van der Waals surface area contributed by atoms with Gasteiger partial charge in [0.15, 0.2) is 11.8 Å². The van der Waals surface area contributed by atoms with Gasteiger partial charge in [-0.05, 0) is 85.5 Å². The lowest BCUT2D eigenvalue weighted by Crippen LogP contribution is -2.60. The summed E-state index contributed by atoms with van der Waals surface area (Å²) in [6.45, 7) is 4.63. The molecule has 0 saturated heterocycles. The van der Waals surface area contributed by atoms with Crippen molar-refractivity contribution in [1.82, 2.24) is 0 Å². The molecule has 3 saturated carbocycles. The molecule has 6 heteroatoms. The molecule has 0 amide bonds. The number of unbranched alkanes of at least 4 members (excludes halogenated alkanes) is 1. The van der Waals surface area contributed by atoms with Crippen molar-refractivity contribution in [2.45, 2.75) is 77.7 Å². The molecule has 0 spiro atoms. The molecule has 0 heterocycles. The van der Waals surface area contributed by atoms with Gasteiger partial charge in [0.1, 0.15) is 5.92 Å². The fraction of sp³-hybridized carbons (Fsp3) is 0.840. The van der Waals surface area contributed by atoms with Crippen LogP contribution in [-0.2, 0) is 14.3 Å². The van der Waals surface area contributed by atoms with Gasteiger partial charge in [0.2, 0.25) is 0 Å². The Morgan fingerprint density at radius 2 is 2.06 bits per heavy atom. The number of carbonyl (C=O) groups is 2. The largest absolute Gasteiger partial charge is 0.449 e. The van der Waals surface area contributed by atoms with Crippen molar-refractivity contribution >= 4 is 23.4 Å². The van der Waals surface area contributed by atoms with Gasteiger partial charge in [-0.25, -0.2) is 0 Å². The van der Waals surface area contributed by atoms with Crippen LogP contribution in [0.25, 0.3) is 0 Å². The number of rotatable bonds is 6. The number of halogens is 1. The molecule has 31 heavy (non-hydrogen) atoms. The zero-order valence-corrected chi connectivity index (χ0v) is 19.6. The van der Waals surface area contributed by atoms with Gasteiger partial charge >= 0.3 is 5.97 Å². The Hall–Kier alpha value is -0.910. The summed E-state index contributed by atoms with van der Waals surface area (Å²) in [6, 6.07) is -0.269. The van der Waals surface area contributed by atoms with Crippen LogP contribution in [0.3, 0.4) is 0 Å². The quantitative estimate of drug-likeness (QED) is 0.272. The van der Waals surface area contributed by atoms with Gasteiger partial charge < -0.3 is 14.9 Å². The van der Waals surface area contributed by atoms with E-state index in [-0.39, 0.29) is 35.7 Å². The molecule has 4 aliphatic rings. The second kappa shape index (κ2) is 8.79. The highest BCUT2D eigenvalue weighted by Gasteiger charge is 2.63. The van der Waals surface area contributed by atoms with Gasteiger partial charge in [0.25, 0.3) is 0 Å². The van der Waals surface area contributed by atoms with Crippen LogP contribution in [-0.4, -0.2) is 40.7 Å². The molecular weight excluding hydrogens is 416 g/mol. The molecular formula is C25H37ClO5. The fourth-order valence-electron chi connectivity index (χ4n) is 8.30. The molecule has 3 fully saturated rings. The monoisotopic (exact) mass is 452 g/mol. The number of hydrogen-bond acceptors (Lipinski definition) is 5. The van der Waals surface area contributed by atoms with E-state index < -0.39 is 23.4 Å². The average molecular weight is 453 g/mol. The van der Waals surface area contributed by atoms with Gasteiger partial charge in [-0.2, -0.15) is 0 Å². The molecule has 8 atom stereocenters. The lowest BCUT2D eigenvalue weighted by atomic mass is 9.43. The molecule has 5 nitrogen and oxygen atoms in total. The molecule has 0 bridgehead atoms. The first kappa shape index (κ1) is 23.3. The Morgan fingerprint density at radius 1 is 1.29 bits per heavy atom. The highest BCUT2D eigenvalue weighted by Crippen LogP contribution is 2.67. The summed E-state index contributed by atoms with van der Waals surface area (Å²) in [7, 11) is 0. The summed E-state index contributed by atoms with van der Waals surface area (Å²) < 4.78 is 5.13. The number of fused-ring (bicyclic) bond motifs is 5. The van der Waals surface area contributed by atoms with Crippen molar-refractivity contribution in [2.24, 2.45) is 40.4 Å². The molecule has 0 aliphatic heterocycles. The Kier molecular flexibility index (Phi) is 6.60. The van der Waals surface area contributed by atoms with Crippen LogP contribution in [0.5, 0.6) is 0 Å². The summed E-state index contributed by atoms with van der Waals surface area (Å²) in [6.07, 6.45) is 9.56. The Balaban J connectivity index is 1.76. The van der Waals surface area contributed by atoms with E-state index in [1.54, 1.807) is 6.08 Å². The third-order valence-electron chi connectivity index (χ3n) is 9.53. The molecule has 3 unspecified atom stereocenters. The minimum atomic E-state index is -0.881. The average Bonchev–Trinajstić information content (AvgIpc) is 3.09. The maximum Gasteiger partial charge on any atom is 0.318 e. The maximum absolute atomic E-state index is 13.1. The molecule has 0 aromatic rings. The lowest BCUT2D eigenvalue weighted by Gasteiger charge is -2.62. The van der Waals surface area contributed by atoms with E-state index in [1.165, 1.54) is 19.3 Å². The number of aliphatic hydroxyl groups is 2. The van der Waals surface area contributed by atoms with Crippen molar-refractivity contribution in [1.29, 1.82) is 0 Å². The molecule has 174 valence electrons. The number of ether oxygens (including phenoxy) is 1. The number of alkyl halides is 1. The molecule has 2 N–H and O–H groups in total. The first-order valence-electron chi connectivity index (χ1n) is 12.0. The predicted molar refractivity (Wildman–Crippen MR) is 118 cm³/mol. The number of carbonyl (C=O) groups excluding carboxylic acids is 2. The Bertz CT molecular complexity index is 750. The number of ketones is 1. The van der Waals surface area contributed by atoms with E-state index in [0.29, 0.717) is 24.7 Å². The Labute approximate surface area is 190 Å². The smallest absolute Gasteiger partial charge is 0.318 e. The first-order chi connectivity index (χ1) is 14.8. The number of esters is 1. The van der Waals surface area contributed by atoms with Crippen molar-refractivity contribution < 1.29 is 24.5 Å². The van der Waals surface area contributed by atoms with E-state index in [0.717, 1.165) is 31.3 Å². The van der Waals surface area contributed by atoms with Crippen LogP contribution >= 0.6 is 11.6 Å². The normalized spacial score (nSPS) is 44.2. The molecule has 0 radical (unpaired) electrons. The van der Waals surface area contributed by atoms with Crippen LogP contribution in [0.4, 0.5) is 0 Å². The summed E-state index contributed by atoms with van der Waals surface area (Å²) in [5, 5.41) is 20.9. The van der Waals surface area contributed by atoms with E-state index >= 15 is 0 Å². The zero-order chi connectivity index (χ0) is 22.4. The van der Waals surface area contributed by atoms with Crippen LogP contribution in [0.1, 0.15) is 71.6 Å². The third kappa shape index (κ3) is 3.69. The first-order valence-corrected chi connectivity index (χ1v) is 12.6. The molecule has 0 aromatic heterocycles. The van der Waals surface area contributed by atoms with Crippen molar-refractivity contribution in [3.05, 3.63) is 11.6 Å². The summed E-state index contributed by atoms with van der Waals surface area (Å²) in [5.74, 6) is -0.804. The van der Waals surface area contributed by atoms with E-state index in [2.05, 4.69) is 13.8 Å². The molecule has 4 aliphatic carbocycles. The summed E-state index contributed by atoms with van der Waals surface area (Å²) in [4.78, 5) is 26.0.